The van der Waals surface area contributed by atoms with E-state index in [0.717, 1.165) is 18.9 Å². The molecule has 0 bridgehead atoms. The second-order valence-electron chi connectivity index (χ2n) is 5.67. The lowest BCUT2D eigenvalue weighted by Crippen LogP contribution is -2.20. The zero-order valence-electron chi connectivity index (χ0n) is 11.7. The van der Waals surface area contributed by atoms with Crippen molar-refractivity contribution in [2.75, 3.05) is 13.1 Å². The van der Waals surface area contributed by atoms with E-state index in [4.69, 9.17) is 0 Å². The van der Waals surface area contributed by atoms with Crippen molar-refractivity contribution in [1.82, 2.24) is 15.5 Å². The Morgan fingerprint density at radius 2 is 2.11 bits per heavy atom. The molecule has 1 heterocycles. The Hall–Kier alpha value is -0.830. The van der Waals surface area contributed by atoms with Crippen molar-refractivity contribution >= 4 is 0 Å². The SMILES string of the molecule is Cc1[nH]ncc1CCCNCCC1CCCCC1. The molecule has 1 aromatic heterocycles. The van der Waals surface area contributed by atoms with Crippen molar-refractivity contribution in [3.05, 3.63) is 17.5 Å². The number of aromatic nitrogens is 2. The van der Waals surface area contributed by atoms with Crippen LogP contribution in [0.15, 0.2) is 6.20 Å². The number of hydrogen-bond donors (Lipinski definition) is 2. The lowest BCUT2D eigenvalue weighted by atomic mass is 9.87. The van der Waals surface area contributed by atoms with Gasteiger partial charge in [-0.25, -0.2) is 0 Å². The van der Waals surface area contributed by atoms with E-state index in [1.807, 2.05) is 6.20 Å². The summed E-state index contributed by atoms with van der Waals surface area (Å²) >= 11 is 0. The molecule has 3 nitrogen and oxygen atoms in total. The smallest absolute Gasteiger partial charge is 0.0522 e. The third kappa shape index (κ3) is 4.45. The Morgan fingerprint density at radius 1 is 1.28 bits per heavy atom. The summed E-state index contributed by atoms with van der Waals surface area (Å²) in [5.41, 5.74) is 2.58. The zero-order chi connectivity index (χ0) is 12.6. The highest BCUT2D eigenvalue weighted by Crippen LogP contribution is 2.25. The van der Waals surface area contributed by atoms with Crippen molar-refractivity contribution in [2.45, 2.75) is 58.3 Å². The monoisotopic (exact) mass is 249 g/mol. The standard InChI is InChI=1S/C15H27N3/c1-13-15(12-17-18-13)8-5-10-16-11-9-14-6-3-2-4-7-14/h12,14,16H,2-11H2,1H3,(H,17,18). The van der Waals surface area contributed by atoms with Crippen LogP contribution >= 0.6 is 0 Å². The van der Waals surface area contributed by atoms with E-state index in [2.05, 4.69) is 22.4 Å². The van der Waals surface area contributed by atoms with Crippen molar-refractivity contribution in [3.8, 4) is 0 Å². The van der Waals surface area contributed by atoms with Crippen LogP contribution in [-0.4, -0.2) is 23.3 Å². The molecule has 2 rings (SSSR count). The van der Waals surface area contributed by atoms with Gasteiger partial charge < -0.3 is 5.32 Å². The molecule has 102 valence electrons. The first kappa shape index (κ1) is 13.6. The fraction of sp³-hybridized carbons (Fsp3) is 0.800. The summed E-state index contributed by atoms with van der Waals surface area (Å²) in [5, 5.41) is 10.6. The van der Waals surface area contributed by atoms with Crippen molar-refractivity contribution in [3.63, 3.8) is 0 Å². The lowest BCUT2D eigenvalue weighted by Gasteiger charge is -2.21. The first-order valence-electron chi connectivity index (χ1n) is 7.56. The third-order valence-electron chi connectivity index (χ3n) is 4.19. The normalized spacial score (nSPS) is 17.2. The van der Waals surface area contributed by atoms with Gasteiger partial charge in [0.2, 0.25) is 0 Å². The van der Waals surface area contributed by atoms with E-state index in [-0.39, 0.29) is 0 Å². The Balaban J connectivity index is 1.47. The lowest BCUT2D eigenvalue weighted by molar-refractivity contribution is 0.334. The minimum atomic E-state index is 1.00. The highest BCUT2D eigenvalue weighted by molar-refractivity contribution is 5.14. The summed E-state index contributed by atoms with van der Waals surface area (Å²) in [7, 11) is 0. The molecule has 1 aromatic rings. The second-order valence-corrected chi connectivity index (χ2v) is 5.67. The minimum absolute atomic E-state index is 1.00. The molecule has 18 heavy (non-hydrogen) atoms. The molecule has 1 saturated carbocycles. The van der Waals surface area contributed by atoms with Crippen molar-refractivity contribution in [2.24, 2.45) is 5.92 Å². The largest absolute Gasteiger partial charge is 0.317 e. The highest BCUT2D eigenvalue weighted by Gasteiger charge is 2.12. The van der Waals surface area contributed by atoms with Crippen LogP contribution in [0.2, 0.25) is 0 Å². The quantitative estimate of drug-likeness (QED) is 0.729. The van der Waals surface area contributed by atoms with E-state index in [9.17, 15) is 0 Å². The van der Waals surface area contributed by atoms with Gasteiger partial charge in [-0.3, -0.25) is 5.10 Å². The van der Waals surface area contributed by atoms with Crippen LogP contribution in [0.4, 0.5) is 0 Å². The van der Waals surface area contributed by atoms with Crippen LogP contribution in [-0.2, 0) is 6.42 Å². The number of aryl methyl sites for hydroxylation is 2. The average molecular weight is 249 g/mol. The van der Waals surface area contributed by atoms with Gasteiger partial charge in [-0.05, 0) is 50.8 Å². The zero-order valence-corrected chi connectivity index (χ0v) is 11.7. The topological polar surface area (TPSA) is 40.7 Å². The van der Waals surface area contributed by atoms with Crippen molar-refractivity contribution in [1.29, 1.82) is 0 Å². The molecule has 3 heteroatoms. The predicted octanol–water partition coefficient (Wildman–Crippen LogP) is 3.21. The number of aromatic amines is 1. The first-order valence-corrected chi connectivity index (χ1v) is 7.56. The van der Waals surface area contributed by atoms with Gasteiger partial charge in [0, 0.05) is 5.69 Å². The number of H-pyrrole nitrogens is 1. The number of rotatable bonds is 7. The summed E-state index contributed by atoms with van der Waals surface area (Å²) in [5.74, 6) is 1.00. The first-order chi connectivity index (χ1) is 8.86. The molecule has 1 aliphatic rings. The van der Waals surface area contributed by atoms with E-state index in [1.54, 1.807) is 0 Å². The van der Waals surface area contributed by atoms with E-state index < -0.39 is 0 Å². The van der Waals surface area contributed by atoms with Gasteiger partial charge in [0.1, 0.15) is 0 Å². The number of nitrogens with zero attached hydrogens (tertiary/aromatic N) is 1. The van der Waals surface area contributed by atoms with E-state index in [0.29, 0.717) is 0 Å². The van der Waals surface area contributed by atoms with Gasteiger partial charge in [0.25, 0.3) is 0 Å². The third-order valence-corrected chi connectivity index (χ3v) is 4.19. The average Bonchev–Trinajstić information content (AvgIpc) is 2.81. The van der Waals surface area contributed by atoms with E-state index >= 15 is 0 Å². The summed E-state index contributed by atoms with van der Waals surface area (Å²) < 4.78 is 0. The second kappa shape index (κ2) is 7.57. The van der Waals surface area contributed by atoms with Crippen LogP contribution in [0, 0.1) is 12.8 Å². The number of nitrogens with one attached hydrogen (secondary N) is 2. The van der Waals surface area contributed by atoms with Gasteiger partial charge in [0.05, 0.1) is 6.20 Å². The molecular formula is C15H27N3. The molecular weight excluding hydrogens is 222 g/mol. The summed E-state index contributed by atoms with van der Waals surface area (Å²) in [6.45, 7) is 4.44. The maximum atomic E-state index is 4.05. The fourth-order valence-electron chi connectivity index (χ4n) is 2.94. The molecule has 1 fully saturated rings. The maximum absolute atomic E-state index is 4.05. The molecule has 0 saturated heterocycles. The van der Waals surface area contributed by atoms with Gasteiger partial charge >= 0.3 is 0 Å². The van der Waals surface area contributed by atoms with Gasteiger partial charge in [0.15, 0.2) is 0 Å². The molecule has 0 spiro atoms. The van der Waals surface area contributed by atoms with Crippen LogP contribution in [0.1, 0.15) is 56.2 Å². The molecule has 0 aliphatic heterocycles. The summed E-state index contributed by atoms with van der Waals surface area (Å²) in [4.78, 5) is 0. The summed E-state index contributed by atoms with van der Waals surface area (Å²) in [6, 6.07) is 0. The summed E-state index contributed by atoms with van der Waals surface area (Å²) in [6.07, 6.45) is 13.0. The molecule has 1 aliphatic carbocycles. The highest BCUT2D eigenvalue weighted by atomic mass is 15.1. The Labute approximate surface area is 111 Å². The molecule has 0 radical (unpaired) electrons. The van der Waals surface area contributed by atoms with Crippen LogP contribution in [0.5, 0.6) is 0 Å². The molecule has 0 amide bonds. The van der Waals surface area contributed by atoms with Crippen LogP contribution in [0.25, 0.3) is 0 Å². The van der Waals surface area contributed by atoms with Crippen molar-refractivity contribution < 1.29 is 0 Å². The molecule has 2 N–H and O–H groups in total. The number of hydrogen-bond acceptors (Lipinski definition) is 2. The van der Waals surface area contributed by atoms with Crippen LogP contribution in [0.3, 0.4) is 0 Å². The molecule has 0 atom stereocenters. The van der Waals surface area contributed by atoms with Crippen LogP contribution < -0.4 is 5.32 Å². The maximum Gasteiger partial charge on any atom is 0.0522 e. The van der Waals surface area contributed by atoms with Gasteiger partial charge in [-0.2, -0.15) is 5.10 Å². The van der Waals surface area contributed by atoms with E-state index in [1.165, 1.54) is 62.7 Å². The Kier molecular flexibility index (Phi) is 5.72. The van der Waals surface area contributed by atoms with Gasteiger partial charge in [-0.1, -0.05) is 32.1 Å². The minimum Gasteiger partial charge on any atom is -0.317 e. The molecule has 0 aromatic carbocycles. The fourth-order valence-corrected chi connectivity index (χ4v) is 2.94. The Bertz CT molecular complexity index is 326. The Morgan fingerprint density at radius 3 is 2.83 bits per heavy atom. The molecule has 0 unspecified atom stereocenters. The predicted molar refractivity (Wildman–Crippen MR) is 75.7 cm³/mol. The van der Waals surface area contributed by atoms with Gasteiger partial charge in [-0.15, -0.1) is 0 Å².